The van der Waals surface area contributed by atoms with E-state index in [4.69, 9.17) is 16.3 Å². The van der Waals surface area contributed by atoms with Gasteiger partial charge in [0.05, 0.1) is 0 Å². The Bertz CT molecular complexity index is 826. The number of carbonyl (C=O) groups is 2. The van der Waals surface area contributed by atoms with Crippen LogP contribution in [0.25, 0.3) is 0 Å². The number of hydrogen-bond donors (Lipinski definition) is 1. The highest BCUT2D eigenvalue weighted by atomic mass is 35.5. The number of hydrogen-bond acceptors (Lipinski definition) is 3. The second-order valence-electron chi connectivity index (χ2n) is 7.28. The predicted molar refractivity (Wildman–Crippen MR) is 121 cm³/mol. The van der Waals surface area contributed by atoms with Crippen molar-refractivity contribution in [1.82, 2.24) is 10.2 Å². The molecule has 2 aromatic carbocycles. The van der Waals surface area contributed by atoms with Crippen molar-refractivity contribution in [2.24, 2.45) is 0 Å². The Kier molecular flexibility index (Phi) is 9.68. The molecule has 2 rings (SSSR count). The van der Waals surface area contributed by atoms with Crippen molar-refractivity contribution in [1.29, 1.82) is 0 Å². The summed E-state index contributed by atoms with van der Waals surface area (Å²) in [6, 6.07) is 14.4. The summed E-state index contributed by atoms with van der Waals surface area (Å²) in [4.78, 5) is 27.5. The minimum atomic E-state index is -0.551. The average molecular weight is 431 g/mol. The molecule has 0 aromatic heterocycles. The van der Waals surface area contributed by atoms with Crippen molar-refractivity contribution >= 4 is 23.4 Å². The molecule has 0 bridgehead atoms. The molecule has 0 saturated carbocycles. The first-order valence-electron chi connectivity index (χ1n) is 10.5. The molecule has 162 valence electrons. The standard InChI is InChI=1S/C24H31ClN2O3/c1-4-6-14-26-24(29)22(5-2)27(16-19-10-8-7-9-11-19)23(28)17-30-20-12-13-21(25)18(3)15-20/h7-13,15,22H,4-6,14,16-17H2,1-3H3,(H,26,29). The normalized spacial score (nSPS) is 11.6. The zero-order valence-electron chi connectivity index (χ0n) is 18.0. The van der Waals surface area contributed by atoms with E-state index in [2.05, 4.69) is 12.2 Å². The summed E-state index contributed by atoms with van der Waals surface area (Å²) in [5, 5.41) is 3.60. The van der Waals surface area contributed by atoms with E-state index in [-0.39, 0.29) is 18.4 Å². The maximum atomic E-state index is 13.1. The van der Waals surface area contributed by atoms with Crippen molar-refractivity contribution in [3.8, 4) is 5.75 Å². The lowest BCUT2D eigenvalue weighted by atomic mass is 10.1. The van der Waals surface area contributed by atoms with Crippen molar-refractivity contribution in [3.63, 3.8) is 0 Å². The summed E-state index contributed by atoms with van der Waals surface area (Å²) in [5.74, 6) is 0.215. The Labute approximate surface area is 184 Å². The number of carbonyl (C=O) groups excluding carboxylic acids is 2. The molecule has 0 radical (unpaired) electrons. The monoisotopic (exact) mass is 430 g/mol. The topological polar surface area (TPSA) is 58.6 Å². The van der Waals surface area contributed by atoms with Crippen LogP contribution in [0, 0.1) is 6.92 Å². The molecule has 0 spiro atoms. The summed E-state index contributed by atoms with van der Waals surface area (Å²) >= 11 is 6.06. The van der Waals surface area contributed by atoms with Crippen molar-refractivity contribution < 1.29 is 14.3 Å². The fourth-order valence-corrected chi connectivity index (χ4v) is 3.26. The van der Waals surface area contributed by atoms with E-state index in [1.54, 1.807) is 23.1 Å². The van der Waals surface area contributed by atoms with Gasteiger partial charge in [-0.2, -0.15) is 0 Å². The number of benzene rings is 2. The third kappa shape index (κ3) is 7.06. The van der Waals surface area contributed by atoms with E-state index < -0.39 is 6.04 Å². The van der Waals surface area contributed by atoms with Crippen LogP contribution in [-0.2, 0) is 16.1 Å². The summed E-state index contributed by atoms with van der Waals surface area (Å²) in [6.45, 7) is 6.69. The number of halogens is 1. The second-order valence-corrected chi connectivity index (χ2v) is 7.68. The highest BCUT2D eigenvalue weighted by Gasteiger charge is 2.28. The van der Waals surface area contributed by atoms with E-state index in [0.717, 1.165) is 24.0 Å². The molecule has 0 aliphatic rings. The van der Waals surface area contributed by atoms with Crippen LogP contribution < -0.4 is 10.1 Å². The highest BCUT2D eigenvalue weighted by molar-refractivity contribution is 6.31. The molecule has 1 unspecified atom stereocenters. The number of nitrogens with zero attached hydrogens (tertiary/aromatic N) is 1. The van der Waals surface area contributed by atoms with Gasteiger partial charge in [0, 0.05) is 18.1 Å². The Morgan fingerprint density at radius 2 is 1.87 bits per heavy atom. The highest BCUT2D eigenvalue weighted by Crippen LogP contribution is 2.21. The average Bonchev–Trinajstić information content (AvgIpc) is 2.75. The second kappa shape index (κ2) is 12.2. The largest absolute Gasteiger partial charge is 0.484 e. The van der Waals surface area contributed by atoms with Crippen LogP contribution in [0.1, 0.15) is 44.2 Å². The first-order chi connectivity index (χ1) is 14.5. The number of aryl methyl sites for hydroxylation is 1. The van der Waals surface area contributed by atoms with Gasteiger partial charge in [-0.3, -0.25) is 9.59 Å². The zero-order chi connectivity index (χ0) is 21.9. The van der Waals surface area contributed by atoms with E-state index in [1.165, 1.54) is 0 Å². The lowest BCUT2D eigenvalue weighted by Crippen LogP contribution is -2.50. The van der Waals surface area contributed by atoms with E-state index in [9.17, 15) is 9.59 Å². The van der Waals surface area contributed by atoms with Crippen LogP contribution >= 0.6 is 11.6 Å². The summed E-state index contributed by atoms with van der Waals surface area (Å²) < 4.78 is 5.71. The minimum Gasteiger partial charge on any atom is -0.484 e. The van der Waals surface area contributed by atoms with Gasteiger partial charge in [0.2, 0.25) is 5.91 Å². The SMILES string of the molecule is CCCCNC(=O)C(CC)N(Cc1ccccc1)C(=O)COc1ccc(Cl)c(C)c1. The minimum absolute atomic E-state index is 0.127. The third-order valence-corrected chi connectivity index (χ3v) is 5.33. The molecule has 0 aliphatic heterocycles. The first kappa shape index (κ1) is 23.7. The molecule has 5 nitrogen and oxygen atoms in total. The fraction of sp³-hybridized carbons (Fsp3) is 0.417. The van der Waals surface area contributed by atoms with Gasteiger partial charge in [0.25, 0.3) is 5.91 Å². The number of ether oxygens (including phenoxy) is 1. The Balaban J connectivity index is 2.14. The van der Waals surface area contributed by atoms with E-state index >= 15 is 0 Å². The fourth-order valence-electron chi connectivity index (χ4n) is 3.14. The number of nitrogens with one attached hydrogen (secondary N) is 1. The summed E-state index contributed by atoms with van der Waals surface area (Å²) in [5.41, 5.74) is 1.84. The maximum Gasteiger partial charge on any atom is 0.261 e. The van der Waals surface area contributed by atoms with Gasteiger partial charge in [0.1, 0.15) is 11.8 Å². The van der Waals surface area contributed by atoms with E-state index in [1.807, 2.05) is 44.2 Å². The number of amides is 2. The van der Waals surface area contributed by atoms with Crippen LogP contribution in [0.4, 0.5) is 0 Å². The molecule has 30 heavy (non-hydrogen) atoms. The van der Waals surface area contributed by atoms with Gasteiger partial charge in [-0.05, 0) is 49.1 Å². The van der Waals surface area contributed by atoms with Crippen LogP contribution in [0.15, 0.2) is 48.5 Å². The molecule has 0 fully saturated rings. The quantitative estimate of drug-likeness (QED) is 0.523. The van der Waals surface area contributed by atoms with Gasteiger partial charge in [-0.15, -0.1) is 0 Å². The molecule has 2 aromatic rings. The first-order valence-corrected chi connectivity index (χ1v) is 10.8. The molecule has 2 amide bonds. The molecule has 1 atom stereocenters. The van der Waals surface area contributed by atoms with Crippen molar-refractivity contribution in [2.45, 2.75) is 52.6 Å². The Hall–Kier alpha value is -2.53. The lowest BCUT2D eigenvalue weighted by molar-refractivity contribution is -0.143. The van der Waals surface area contributed by atoms with Crippen molar-refractivity contribution in [2.75, 3.05) is 13.2 Å². The van der Waals surface area contributed by atoms with Gasteiger partial charge < -0.3 is 15.0 Å². The van der Waals surface area contributed by atoms with Gasteiger partial charge in [0.15, 0.2) is 6.61 Å². The van der Waals surface area contributed by atoms with E-state index in [0.29, 0.717) is 30.3 Å². The lowest BCUT2D eigenvalue weighted by Gasteiger charge is -2.30. The molecule has 0 saturated heterocycles. The van der Waals surface area contributed by atoms with Crippen LogP contribution in [0.2, 0.25) is 5.02 Å². The van der Waals surface area contributed by atoms with Crippen molar-refractivity contribution in [3.05, 3.63) is 64.7 Å². The molecule has 6 heteroatoms. The molecule has 0 heterocycles. The number of unbranched alkanes of at least 4 members (excludes halogenated alkanes) is 1. The maximum absolute atomic E-state index is 13.1. The zero-order valence-corrected chi connectivity index (χ0v) is 18.7. The van der Waals surface area contributed by atoms with Crippen LogP contribution in [-0.4, -0.2) is 35.9 Å². The molecular formula is C24H31ClN2O3. The Morgan fingerprint density at radius 1 is 1.13 bits per heavy atom. The van der Waals surface area contributed by atoms with Gasteiger partial charge in [-0.1, -0.05) is 62.2 Å². The Morgan fingerprint density at radius 3 is 2.50 bits per heavy atom. The number of rotatable bonds is 11. The smallest absolute Gasteiger partial charge is 0.261 e. The molecule has 0 aliphatic carbocycles. The third-order valence-electron chi connectivity index (χ3n) is 4.90. The van der Waals surface area contributed by atoms with Gasteiger partial charge >= 0.3 is 0 Å². The summed E-state index contributed by atoms with van der Waals surface area (Å²) in [7, 11) is 0. The predicted octanol–water partition coefficient (Wildman–Crippen LogP) is 4.75. The molecule has 1 N–H and O–H groups in total. The molecular weight excluding hydrogens is 400 g/mol. The van der Waals surface area contributed by atoms with Crippen LogP contribution in [0.3, 0.4) is 0 Å². The summed E-state index contributed by atoms with van der Waals surface area (Å²) in [6.07, 6.45) is 2.43. The van der Waals surface area contributed by atoms with Crippen LogP contribution in [0.5, 0.6) is 5.75 Å². The van der Waals surface area contributed by atoms with Gasteiger partial charge in [-0.25, -0.2) is 0 Å².